The molecule has 0 saturated carbocycles. The summed E-state index contributed by atoms with van der Waals surface area (Å²) in [6.07, 6.45) is 3.67. The van der Waals surface area contributed by atoms with Gasteiger partial charge < -0.3 is 5.32 Å². The smallest absolute Gasteiger partial charge is 0.0107 e. The fraction of sp³-hybridized carbons (Fsp3) is 0.647. The van der Waals surface area contributed by atoms with Gasteiger partial charge in [0.1, 0.15) is 0 Å². The van der Waals surface area contributed by atoms with E-state index in [0.717, 1.165) is 12.3 Å². The van der Waals surface area contributed by atoms with E-state index in [1.165, 1.54) is 24.0 Å². The lowest BCUT2D eigenvalue weighted by Gasteiger charge is -2.20. The monoisotopic (exact) mass is 247 g/mol. The standard InChI is InChI=1S/C17H29N/c1-6-14(4)11-17(18-5)12-15-7-9-16(10-8-15)13(2)3/h7-10,13-14,17-18H,6,11-12H2,1-5H3. The first-order chi connectivity index (χ1) is 8.56. The Labute approximate surface area is 113 Å². The summed E-state index contributed by atoms with van der Waals surface area (Å²) < 4.78 is 0. The molecule has 0 radical (unpaired) electrons. The number of nitrogens with one attached hydrogen (secondary N) is 1. The van der Waals surface area contributed by atoms with Crippen LogP contribution < -0.4 is 5.32 Å². The van der Waals surface area contributed by atoms with Gasteiger partial charge in [-0.15, -0.1) is 0 Å². The van der Waals surface area contributed by atoms with Crippen LogP contribution in [-0.2, 0) is 6.42 Å². The lowest BCUT2D eigenvalue weighted by Crippen LogP contribution is -2.29. The summed E-state index contributed by atoms with van der Waals surface area (Å²) in [5.74, 6) is 1.43. The molecular formula is C17H29N. The second kappa shape index (κ2) is 7.58. The van der Waals surface area contributed by atoms with E-state index in [-0.39, 0.29) is 0 Å². The molecule has 2 atom stereocenters. The van der Waals surface area contributed by atoms with Crippen LogP contribution >= 0.6 is 0 Å². The molecule has 1 aromatic rings. The zero-order chi connectivity index (χ0) is 13.5. The highest BCUT2D eigenvalue weighted by atomic mass is 14.9. The summed E-state index contributed by atoms with van der Waals surface area (Å²) >= 11 is 0. The van der Waals surface area contributed by atoms with E-state index < -0.39 is 0 Å². The number of rotatable bonds is 7. The maximum Gasteiger partial charge on any atom is 0.0107 e. The molecule has 2 unspecified atom stereocenters. The molecule has 0 bridgehead atoms. The molecule has 18 heavy (non-hydrogen) atoms. The third-order valence-electron chi connectivity index (χ3n) is 3.92. The third-order valence-corrected chi connectivity index (χ3v) is 3.92. The van der Waals surface area contributed by atoms with Crippen LogP contribution in [0.25, 0.3) is 0 Å². The van der Waals surface area contributed by atoms with Crippen molar-refractivity contribution in [3.05, 3.63) is 35.4 Å². The molecule has 0 aromatic heterocycles. The summed E-state index contributed by atoms with van der Waals surface area (Å²) in [4.78, 5) is 0. The maximum absolute atomic E-state index is 3.45. The average Bonchev–Trinajstić information content (AvgIpc) is 2.38. The van der Waals surface area contributed by atoms with Crippen LogP contribution in [0.3, 0.4) is 0 Å². The van der Waals surface area contributed by atoms with E-state index in [1.54, 1.807) is 0 Å². The number of hydrogen-bond donors (Lipinski definition) is 1. The second-order valence-corrected chi connectivity index (χ2v) is 5.84. The van der Waals surface area contributed by atoms with Gasteiger partial charge in [-0.3, -0.25) is 0 Å². The van der Waals surface area contributed by atoms with Gasteiger partial charge in [0.15, 0.2) is 0 Å². The van der Waals surface area contributed by atoms with Crippen molar-refractivity contribution in [3.63, 3.8) is 0 Å². The summed E-state index contributed by atoms with van der Waals surface area (Å²) in [5, 5.41) is 3.45. The predicted octanol–water partition coefficient (Wildman–Crippen LogP) is 4.38. The van der Waals surface area contributed by atoms with Gasteiger partial charge in [-0.2, -0.15) is 0 Å². The van der Waals surface area contributed by atoms with Crippen molar-refractivity contribution in [3.8, 4) is 0 Å². The fourth-order valence-corrected chi connectivity index (χ4v) is 2.28. The lowest BCUT2D eigenvalue weighted by atomic mass is 9.93. The van der Waals surface area contributed by atoms with Crippen LogP contribution in [0.5, 0.6) is 0 Å². The van der Waals surface area contributed by atoms with Crippen LogP contribution in [0.4, 0.5) is 0 Å². The number of likely N-dealkylation sites (N-methyl/N-ethyl adjacent to an activating group) is 1. The zero-order valence-electron chi connectivity index (χ0n) is 12.7. The van der Waals surface area contributed by atoms with Crippen molar-refractivity contribution < 1.29 is 0 Å². The Kier molecular flexibility index (Phi) is 6.42. The van der Waals surface area contributed by atoms with Gasteiger partial charge >= 0.3 is 0 Å². The molecule has 0 aliphatic heterocycles. The summed E-state index contributed by atoms with van der Waals surface area (Å²) in [5.41, 5.74) is 2.88. The third kappa shape index (κ3) is 4.81. The van der Waals surface area contributed by atoms with Crippen molar-refractivity contribution in [2.24, 2.45) is 5.92 Å². The molecule has 1 aromatic carbocycles. The summed E-state index contributed by atoms with van der Waals surface area (Å²) in [7, 11) is 2.08. The van der Waals surface area contributed by atoms with E-state index in [2.05, 4.69) is 64.3 Å². The van der Waals surface area contributed by atoms with Crippen LogP contribution in [0.1, 0.15) is 57.6 Å². The molecule has 0 fully saturated rings. The van der Waals surface area contributed by atoms with Crippen LogP contribution in [-0.4, -0.2) is 13.1 Å². The Balaban J connectivity index is 2.59. The van der Waals surface area contributed by atoms with Crippen LogP contribution in [0, 0.1) is 5.92 Å². The van der Waals surface area contributed by atoms with Crippen molar-refractivity contribution in [2.75, 3.05) is 7.05 Å². The number of hydrogen-bond acceptors (Lipinski definition) is 1. The highest BCUT2D eigenvalue weighted by Crippen LogP contribution is 2.17. The van der Waals surface area contributed by atoms with E-state index >= 15 is 0 Å². The van der Waals surface area contributed by atoms with E-state index in [1.807, 2.05) is 0 Å². The minimum atomic E-state index is 0.602. The van der Waals surface area contributed by atoms with Crippen LogP contribution in [0.15, 0.2) is 24.3 Å². The minimum absolute atomic E-state index is 0.602. The molecule has 102 valence electrons. The zero-order valence-corrected chi connectivity index (χ0v) is 12.7. The molecule has 1 rings (SSSR count). The Morgan fingerprint density at radius 2 is 1.67 bits per heavy atom. The Morgan fingerprint density at radius 1 is 1.06 bits per heavy atom. The first-order valence-corrected chi connectivity index (χ1v) is 7.32. The quantitative estimate of drug-likeness (QED) is 0.754. The normalized spacial score (nSPS) is 14.8. The minimum Gasteiger partial charge on any atom is -0.317 e. The van der Waals surface area contributed by atoms with Crippen molar-refractivity contribution in [2.45, 2.75) is 58.9 Å². The first-order valence-electron chi connectivity index (χ1n) is 7.32. The van der Waals surface area contributed by atoms with E-state index in [9.17, 15) is 0 Å². The second-order valence-electron chi connectivity index (χ2n) is 5.84. The number of benzene rings is 1. The molecule has 1 nitrogen and oxygen atoms in total. The van der Waals surface area contributed by atoms with E-state index in [0.29, 0.717) is 12.0 Å². The van der Waals surface area contributed by atoms with Gasteiger partial charge in [0.05, 0.1) is 0 Å². The Bertz CT molecular complexity index is 326. The van der Waals surface area contributed by atoms with Gasteiger partial charge in [0, 0.05) is 6.04 Å². The first kappa shape index (κ1) is 15.2. The highest BCUT2D eigenvalue weighted by Gasteiger charge is 2.11. The van der Waals surface area contributed by atoms with Crippen molar-refractivity contribution >= 4 is 0 Å². The molecule has 0 heterocycles. The van der Waals surface area contributed by atoms with Gasteiger partial charge in [0.2, 0.25) is 0 Å². The molecule has 0 aliphatic carbocycles. The molecule has 0 saturated heterocycles. The van der Waals surface area contributed by atoms with Crippen LogP contribution in [0.2, 0.25) is 0 Å². The molecular weight excluding hydrogens is 218 g/mol. The van der Waals surface area contributed by atoms with Gasteiger partial charge in [-0.1, -0.05) is 58.4 Å². The SMILES string of the molecule is CCC(C)CC(Cc1ccc(C(C)C)cc1)NC. The highest BCUT2D eigenvalue weighted by molar-refractivity contribution is 5.25. The molecule has 0 spiro atoms. The lowest BCUT2D eigenvalue weighted by molar-refractivity contribution is 0.410. The fourth-order valence-electron chi connectivity index (χ4n) is 2.28. The summed E-state index contributed by atoms with van der Waals surface area (Å²) in [6, 6.07) is 9.73. The molecule has 1 N–H and O–H groups in total. The largest absolute Gasteiger partial charge is 0.317 e. The molecule has 0 aliphatic rings. The van der Waals surface area contributed by atoms with E-state index in [4.69, 9.17) is 0 Å². The molecule has 1 heteroatoms. The topological polar surface area (TPSA) is 12.0 Å². The summed E-state index contributed by atoms with van der Waals surface area (Å²) in [6.45, 7) is 9.10. The van der Waals surface area contributed by atoms with Crippen molar-refractivity contribution in [1.29, 1.82) is 0 Å². The average molecular weight is 247 g/mol. The van der Waals surface area contributed by atoms with Gasteiger partial charge in [0.25, 0.3) is 0 Å². The van der Waals surface area contributed by atoms with Gasteiger partial charge in [-0.25, -0.2) is 0 Å². The van der Waals surface area contributed by atoms with Crippen molar-refractivity contribution in [1.82, 2.24) is 5.32 Å². The Morgan fingerprint density at radius 3 is 2.11 bits per heavy atom. The molecule has 0 amide bonds. The maximum atomic E-state index is 3.45. The predicted molar refractivity (Wildman–Crippen MR) is 81.2 cm³/mol. The van der Waals surface area contributed by atoms with Gasteiger partial charge in [-0.05, 0) is 42.9 Å². The Hall–Kier alpha value is -0.820.